The summed E-state index contributed by atoms with van der Waals surface area (Å²) in [4.78, 5) is 0. The predicted molar refractivity (Wildman–Crippen MR) is 40.4 cm³/mol. The largest absolute Gasteiger partial charge is 0.196 e. The van der Waals surface area contributed by atoms with Crippen molar-refractivity contribution in [3.05, 3.63) is 0 Å². The van der Waals surface area contributed by atoms with Crippen molar-refractivity contribution < 1.29 is 0 Å². The van der Waals surface area contributed by atoms with Gasteiger partial charge in [0.15, 0.2) is 0 Å². The van der Waals surface area contributed by atoms with E-state index < -0.39 is 0 Å². The first kappa shape index (κ1) is 7.22. The fourth-order valence-electron chi connectivity index (χ4n) is 0.391. The van der Waals surface area contributed by atoms with E-state index in [-0.39, 0.29) is 0 Å². The molecular formula is C6H14S. The van der Waals surface area contributed by atoms with Crippen LogP contribution in [0.4, 0.5) is 0 Å². The van der Waals surface area contributed by atoms with Crippen molar-refractivity contribution in [3.8, 4) is 0 Å². The van der Waals surface area contributed by atoms with Crippen LogP contribution in [0.2, 0.25) is 0 Å². The van der Waals surface area contributed by atoms with Gasteiger partial charge in [0.2, 0.25) is 0 Å². The summed E-state index contributed by atoms with van der Waals surface area (Å²) in [6.45, 7) is 2.22. The molecule has 0 fully saturated rings. The van der Waals surface area contributed by atoms with Crippen molar-refractivity contribution in [2.45, 2.75) is 19.8 Å². The number of unbranched alkanes of at least 4 members (excludes halogenated alkanes) is 1. The molecule has 0 aliphatic heterocycles. The third-order valence-electron chi connectivity index (χ3n) is 0.846. The van der Waals surface area contributed by atoms with Gasteiger partial charge in [0, 0.05) is 0 Å². The van der Waals surface area contributed by atoms with Gasteiger partial charge in [0.1, 0.15) is 0 Å². The summed E-state index contributed by atoms with van der Waals surface area (Å²) in [6, 6.07) is 0. The first-order valence-corrected chi connectivity index (χ1v) is 4.66. The van der Waals surface area contributed by atoms with Crippen molar-refractivity contribution in [3.63, 3.8) is 0 Å². The Morgan fingerprint density at radius 1 is 1.57 bits per heavy atom. The van der Waals surface area contributed by atoms with Crippen LogP contribution in [0.5, 0.6) is 0 Å². The lowest BCUT2D eigenvalue weighted by molar-refractivity contribution is 0.897. The summed E-state index contributed by atoms with van der Waals surface area (Å²) < 4.78 is 0. The minimum atomic E-state index is 0.435. The summed E-state index contributed by atoms with van der Waals surface area (Å²) in [6.07, 6.45) is 4.85. The van der Waals surface area contributed by atoms with Crippen LogP contribution in [0, 0.1) is 0 Å². The highest BCUT2D eigenvalue weighted by atomic mass is 32.2. The summed E-state index contributed by atoms with van der Waals surface area (Å²) >= 11 is 0. The molecule has 0 rings (SSSR count). The number of hydrogen-bond acceptors (Lipinski definition) is 0. The first-order chi connectivity index (χ1) is 3.27. The highest BCUT2D eigenvalue weighted by molar-refractivity contribution is 8.13. The van der Waals surface area contributed by atoms with Crippen LogP contribution in [0.15, 0.2) is 0 Å². The van der Waals surface area contributed by atoms with Gasteiger partial charge in [-0.1, -0.05) is 19.2 Å². The molecule has 0 aliphatic rings. The molecule has 0 nitrogen and oxygen atoms in total. The van der Waals surface area contributed by atoms with Crippen LogP contribution in [-0.4, -0.2) is 17.9 Å². The van der Waals surface area contributed by atoms with Gasteiger partial charge in [-0.15, -0.1) is 0 Å². The molecule has 0 spiro atoms. The maximum absolute atomic E-state index is 3.90. The van der Waals surface area contributed by atoms with Crippen molar-refractivity contribution >= 4 is 16.4 Å². The third-order valence-corrected chi connectivity index (χ3v) is 1.83. The number of rotatable bonds is 3. The minimum absolute atomic E-state index is 0.435. The zero-order valence-electron chi connectivity index (χ0n) is 5.24. The van der Waals surface area contributed by atoms with Gasteiger partial charge in [-0.05, 0) is 18.4 Å². The highest BCUT2D eigenvalue weighted by Crippen LogP contribution is 2.04. The highest BCUT2D eigenvalue weighted by Gasteiger charge is 1.79. The van der Waals surface area contributed by atoms with E-state index in [0.717, 1.165) is 0 Å². The second-order valence-corrected chi connectivity index (χ2v) is 3.81. The molecule has 0 aliphatic carbocycles. The summed E-state index contributed by atoms with van der Waals surface area (Å²) in [5, 5.41) is 0. The molecule has 0 saturated carbocycles. The van der Waals surface area contributed by atoms with E-state index >= 15 is 0 Å². The molecule has 0 bridgehead atoms. The van der Waals surface area contributed by atoms with E-state index in [1.165, 1.54) is 18.6 Å². The fourth-order valence-corrected chi connectivity index (χ4v) is 1.17. The van der Waals surface area contributed by atoms with Gasteiger partial charge in [0.05, 0.1) is 0 Å². The minimum Gasteiger partial charge on any atom is -0.196 e. The third kappa shape index (κ3) is 6.22. The van der Waals surface area contributed by atoms with Crippen molar-refractivity contribution in [1.29, 1.82) is 0 Å². The molecule has 0 N–H and O–H groups in total. The molecule has 0 heterocycles. The number of hydrogen-bond donors (Lipinski definition) is 0. The molecule has 7 heavy (non-hydrogen) atoms. The van der Waals surface area contributed by atoms with Crippen LogP contribution in [0.25, 0.3) is 0 Å². The van der Waals surface area contributed by atoms with Gasteiger partial charge in [-0.3, -0.25) is 0 Å². The lowest BCUT2D eigenvalue weighted by atomic mass is 10.4. The quantitative estimate of drug-likeness (QED) is 0.498. The van der Waals surface area contributed by atoms with E-state index in [1.54, 1.807) is 0 Å². The second-order valence-electron chi connectivity index (χ2n) is 1.84. The monoisotopic (exact) mass is 118 g/mol. The molecule has 1 atom stereocenters. The summed E-state index contributed by atoms with van der Waals surface area (Å²) in [7, 11) is 0.435. The van der Waals surface area contributed by atoms with Gasteiger partial charge < -0.3 is 0 Å². The van der Waals surface area contributed by atoms with Crippen LogP contribution in [-0.2, 0) is 0 Å². The average molecular weight is 118 g/mol. The molecule has 0 aromatic heterocycles. The Balaban J connectivity index is 2.82. The second kappa shape index (κ2) is 4.38. The molecule has 0 saturated heterocycles. The Hall–Kier alpha value is 0.220. The van der Waals surface area contributed by atoms with Gasteiger partial charge >= 0.3 is 0 Å². The summed E-state index contributed by atoms with van der Waals surface area (Å²) in [5.74, 6) is 5.22. The normalized spacial score (nSPS) is 14.0. The smallest absolute Gasteiger partial charge is 0.0125 e. The standard InChI is InChI=1S/C6H14S/c1-4-5-6-7(2)3/h2,4-6H2,1,3H3. The van der Waals surface area contributed by atoms with Crippen LogP contribution < -0.4 is 0 Å². The van der Waals surface area contributed by atoms with Gasteiger partial charge in [0.25, 0.3) is 0 Å². The van der Waals surface area contributed by atoms with Crippen LogP contribution in [0.3, 0.4) is 0 Å². The maximum atomic E-state index is 3.90. The van der Waals surface area contributed by atoms with Crippen molar-refractivity contribution in [2.24, 2.45) is 0 Å². The Bertz CT molecular complexity index is 57.2. The molecule has 1 unspecified atom stereocenters. The zero-order chi connectivity index (χ0) is 5.70. The van der Waals surface area contributed by atoms with E-state index in [0.29, 0.717) is 10.5 Å². The Morgan fingerprint density at radius 3 is 2.29 bits per heavy atom. The Kier molecular flexibility index (Phi) is 4.52. The summed E-state index contributed by atoms with van der Waals surface area (Å²) in [5.41, 5.74) is 0. The Labute approximate surface area is 48.9 Å². The van der Waals surface area contributed by atoms with Gasteiger partial charge in [-0.25, -0.2) is 0 Å². The molecule has 0 aromatic carbocycles. The van der Waals surface area contributed by atoms with Crippen LogP contribution in [0.1, 0.15) is 19.8 Å². The topological polar surface area (TPSA) is 0 Å². The lowest BCUT2D eigenvalue weighted by Crippen LogP contribution is -1.76. The molecule has 0 radical (unpaired) electrons. The van der Waals surface area contributed by atoms with Crippen molar-refractivity contribution in [2.75, 3.05) is 12.0 Å². The molecule has 1 heteroatoms. The zero-order valence-corrected chi connectivity index (χ0v) is 6.05. The van der Waals surface area contributed by atoms with E-state index in [1.807, 2.05) is 0 Å². The predicted octanol–water partition coefficient (Wildman–Crippen LogP) is 2.12. The maximum Gasteiger partial charge on any atom is -0.0125 e. The molecule has 0 amide bonds. The molecule has 0 aromatic rings. The van der Waals surface area contributed by atoms with E-state index in [2.05, 4.69) is 19.0 Å². The SMILES string of the molecule is C=S(C)CCCC. The van der Waals surface area contributed by atoms with E-state index in [9.17, 15) is 0 Å². The Morgan fingerprint density at radius 2 is 2.14 bits per heavy atom. The van der Waals surface area contributed by atoms with Crippen molar-refractivity contribution in [1.82, 2.24) is 0 Å². The van der Waals surface area contributed by atoms with Gasteiger partial charge in [-0.2, -0.15) is 10.5 Å². The van der Waals surface area contributed by atoms with E-state index in [4.69, 9.17) is 0 Å². The average Bonchev–Trinajstić information content (AvgIpc) is 1.61. The van der Waals surface area contributed by atoms with Crippen LogP contribution >= 0.6 is 10.5 Å². The fraction of sp³-hybridized carbons (Fsp3) is 0.833. The molecular weight excluding hydrogens is 104 g/mol. The first-order valence-electron chi connectivity index (χ1n) is 2.69. The molecule has 44 valence electrons. The lowest BCUT2D eigenvalue weighted by Gasteiger charge is -1.94.